The summed E-state index contributed by atoms with van der Waals surface area (Å²) in [5, 5.41) is 6.31. The molecule has 2 fully saturated rings. The van der Waals surface area contributed by atoms with E-state index < -0.39 is 0 Å². The van der Waals surface area contributed by atoms with Gasteiger partial charge in [0.05, 0.1) is 5.41 Å². The van der Waals surface area contributed by atoms with E-state index in [1.807, 2.05) is 13.8 Å². The van der Waals surface area contributed by atoms with Crippen molar-refractivity contribution in [1.82, 2.24) is 15.5 Å². The molecule has 0 spiro atoms. The van der Waals surface area contributed by atoms with Crippen LogP contribution < -0.4 is 10.6 Å². The zero-order chi connectivity index (χ0) is 13.3. The lowest BCUT2D eigenvalue weighted by Crippen LogP contribution is -2.45. The minimum absolute atomic E-state index is 0.111. The Kier molecular flexibility index (Phi) is 3.97. The Bertz CT molecular complexity index is 312. The second-order valence-corrected chi connectivity index (χ2v) is 6.55. The van der Waals surface area contributed by atoms with Crippen LogP contribution in [0.1, 0.15) is 40.0 Å². The normalized spacial score (nSPS) is 29.6. The minimum Gasteiger partial charge on any atom is -0.359 e. The molecule has 0 aromatic heterocycles. The molecule has 1 amide bonds. The highest BCUT2D eigenvalue weighted by atomic mass is 16.2. The number of nitrogens with zero attached hydrogens (tertiary/aromatic N) is 1. The molecule has 2 aliphatic rings. The van der Waals surface area contributed by atoms with E-state index in [9.17, 15) is 4.79 Å². The molecule has 2 unspecified atom stereocenters. The van der Waals surface area contributed by atoms with E-state index in [2.05, 4.69) is 22.5 Å². The first kappa shape index (κ1) is 13.8. The van der Waals surface area contributed by atoms with Crippen LogP contribution in [-0.4, -0.2) is 49.1 Å². The molecule has 18 heavy (non-hydrogen) atoms. The van der Waals surface area contributed by atoms with Crippen molar-refractivity contribution in [2.24, 2.45) is 5.41 Å². The van der Waals surface area contributed by atoms with Crippen LogP contribution >= 0.6 is 0 Å². The summed E-state index contributed by atoms with van der Waals surface area (Å²) in [6.07, 6.45) is 3.96. The minimum atomic E-state index is -0.328. The van der Waals surface area contributed by atoms with Gasteiger partial charge in [-0.3, -0.25) is 9.69 Å². The average molecular weight is 253 g/mol. The molecule has 0 aromatic carbocycles. The fourth-order valence-electron chi connectivity index (χ4n) is 2.94. The predicted octanol–water partition coefficient (Wildman–Crippen LogP) is 0.973. The van der Waals surface area contributed by atoms with Gasteiger partial charge in [-0.15, -0.1) is 0 Å². The van der Waals surface area contributed by atoms with Gasteiger partial charge in [0.15, 0.2) is 0 Å². The first-order valence-electron chi connectivity index (χ1n) is 7.15. The molecule has 4 nitrogen and oxygen atoms in total. The van der Waals surface area contributed by atoms with Crippen LogP contribution in [-0.2, 0) is 4.79 Å². The zero-order valence-corrected chi connectivity index (χ0v) is 12.1. The molecule has 2 atom stereocenters. The summed E-state index contributed by atoms with van der Waals surface area (Å²) < 4.78 is 0. The van der Waals surface area contributed by atoms with E-state index in [0.717, 1.165) is 19.1 Å². The van der Waals surface area contributed by atoms with Gasteiger partial charge in [0, 0.05) is 38.3 Å². The van der Waals surface area contributed by atoms with Crippen molar-refractivity contribution in [3.63, 3.8) is 0 Å². The molecule has 1 aliphatic carbocycles. The lowest BCUT2D eigenvalue weighted by Gasteiger charge is -2.25. The van der Waals surface area contributed by atoms with Crippen LogP contribution in [0.15, 0.2) is 0 Å². The lowest BCUT2D eigenvalue weighted by atomic mass is 9.92. The second kappa shape index (κ2) is 5.17. The zero-order valence-electron chi connectivity index (χ0n) is 12.1. The van der Waals surface area contributed by atoms with Crippen LogP contribution in [0.4, 0.5) is 0 Å². The van der Waals surface area contributed by atoms with Gasteiger partial charge in [-0.1, -0.05) is 0 Å². The average Bonchev–Trinajstić information content (AvgIpc) is 3.10. The Morgan fingerprint density at radius 1 is 1.39 bits per heavy atom. The third-order valence-electron chi connectivity index (χ3n) is 4.31. The molecular weight excluding hydrogens is 226 g/mol. The highest BCUT2D eigenvalue weighted by molar-refractivity contribution is 5.81. The fourth-order valence-corrected chi connectivity index (χ4v) is 2.94. The van der Waals surface area contributed by atoms with Crippen molar-refractivity contribution in [1.29, 1.82) is 0 Å². The van der Waals surface area contributed by atoms with Crippen molar-refractivity contribution >= 4 is 5.91 Å². The molecule has 2 rings (SSSR count). The van der Waals surface area contributed by atoms with Crippen molar-refractivity contribution < 1.29 is 4.79 Å². The second-order valence-electron chi connectivity index (χ2n) is 6.55. The maximum absolute atomic E-state index is 11.7. The van der Waals surface area contributed by atoms with Crippen molar-refractivity contribution in [3.8, 4) is 0 Å². The van der Waals surface area contributed by atoms with E-state index in [1.54, 1.807) is 7.05 Å². The number of carbonyl (C=O) groups is 1. The van der Waals surface area contributed by atoms with Crippen LogP contribution in [0.25, 0.3) is 0 Å². The van der Waals surface area contributed by atoms with Gasteiger partial charge in [0.2, 0.25) is 5.91 Å². The van der Waals surface area contributed by atoms with E-state index in [1.165, 1.54) is 19.3 Å². The summed E-state index contributed by atoms with van der Waals surface area (Å²) >= 11 is 0. The van der Waals surface area contributed by atoms with Crippen molar-refractivity contribution in [2.75, 3.05) is 20.1 Å². The standard InChI is InChI=1S/C14H27N3O/c1-10-7-11(8-17(10)12-5-6-12)16-9-14(2,3)13(18)15-4/h10-12,16H,5-9H2,1-4H3,(H,15,18). The number of likely N-dealkylation sites (tertiary alicyclic amines) is 1. The van der Waals surface area contributed by atoms with Gasteiger partial charge >= 0.3 is 0 Å². The Balaban J connectivity index is 1.79. The van der Waals surface area contributed by atoms with Gasteiger partial charge in [-0.25, -0.2) is 0 Å². The van der Waals surface area contributed by atoms with E-state index >= 15 is 0 Å². The first-order chi connectivity index (χ1) is 8.44. The van der Waals surface area contributed by atoms with Gasteiger partial charge in [-0.05, 0) is 40.0 Å². The third-order valence-corrected chi connectivity index (χ3v) is 4.31. The van der Waals surface area contributed by atoms with Crippen LogP contribution in [0.2, 0.25) is 0 Å². The molecule has 4 heteroatoms. The molecule has 1 saturated heterocycles. The smallest absolute Gasteiger partial charge is 0.226 e. The van der Waals surface area contributed by atoms with Crippen LogP contribution in [0.3, 0.4) is 0 Å². The molecule has 0 aromatic rings. The Hall–Kier alpha value is -0.610. The molecule has 0 bridgehead atoms. The number of rotatable bonds is 5. The monoisotopic (exact) mass is 253 g/mol. The summed E-state index contributed by atoms with van der Waals surface area (Å²) in [4.78, 5) is 14.4. The largest absolute Gasteiger partial charge is 0.359 e. The number of hydrogen-bond donors (Lipinski definition) is 2. The van der Waals surface area contributed by atoms with E-state index in [4.69, 9.17) is 0 Å². The maximum Gasteiger partial charge on any atom is 0.226 e. The van der Waals surface area contributed by atoms with Gasteiger partial charge in [0.1, 0.15) is 0 Å². The summed E-state index contributed by atoms with van der Waals surface area (Å²) in [5.74, 6) is 0.111. The molecule has 1 heterocycles. The number of carbonyl (C=O) groups excluding carboxylic acids is 1. The lowest BCUT2D eigenvalue weighted by molar-refractivity contribution is -0.128. The van der Waals surface area contributed by atoms with Crippen LogP contribution in [0, 0.1) is 5.41 Å². The molecule has 1 saturated carbocycles. The Morgan fingerprint density at radius 2 is 2.06 bits per heavy atom. The fraction of sp³-hybridized carbons (Fsp3) is 0.929. The molecule has 2 N–H and O–H groups in total. The molecule has 104 valence electrons. The topological polar surface area (TPSA) is 44.4 Å². The number of nitrogens with one attached hydrogen (secondary N) is 2. The highest BCUT2D eigenvalue weighted by Gasteiger charge is 2.39. The van der Waals surface area contributed by atoms with E-state index in [0.29, 0.717) is 12.1 Å². The van der Waals surface area contributed by atoms with Gasteiger partial charge < -0.3 is 10.6 Å². The van der Waals surface area contributed by atoms with Crippen molar-refractivity contribution in [3.05, 3.63) is 0 Å². The van der Waals surface area contributed by atoms with Gasteiger partial charge in [-0.2, -0.15) is 0 Å². The first-order valence-corrected chi connectivity index (χ1v) is 7.15. The summed E-state index contributed by atoms with van der Waals surface area (Å²) in [6.45, 7) is 8.22. The summed E-state index contributed by atoms with van der Waals surface area (Å²) in [7, 11) is 1.70. The quantitative estimate of drug-likeness (QED) is 0.767. The molecule has 0 radical (unpaired) electrons. The third kappa shape index (κ3) is 3.04. The maximum atomic E-state index is 11.7. The molecule has 1 aliphatic heterocycles. The summed E-state index contributed by atoms with van der Waals surface area (Å²) in [5.41, 5.74) is -0.328. The SMILES string of the molecule is CNC(=O)C(C)(C)CNC1CC(C)N(C2CC2)C1. The Labute approximate surface area is 110 Å². The van der Waals surface area contributed by atoms with Crippen LogP contribution in [0.5, 0.6) is 0 Å². The highest BCUT2D eigenvalue weighted by Crippen LogP contribution is 2.33. The number of amides is 1. The van der Waals surface area contributed by atoms with E-state index in [-0.39, 0.29) is 11.3 Å². The predicted molar refractivity (Wildman–Crippen MR) is 73.4 cm³/mol. The Morgan fingerprint density at radius 3 is 2.61 bits per heavy atom. The molecular formula is C14H27N3O. The summed E-state index contributed by atoms with van der Waals surface area (Å²) in [6, 6.07) is 2.08. The number of hydrogen-bond acceptors (Lipinski definition) is 3. The van der Waals surface area contributed by atoms with Gasteiger partial charge in [0.25, 0.3) is 0 Å². The van der Waals surface area contributed by atoms with Crippen molar-refractivity contribution in [2.45, 2.75) is 58.2 Å².